The molecule has 0 spiro atoms. The first-order valence-electron chi connectivity index (χ1n) is 12.8. The second-order valence-corrected chi connectivity index (χ2v) is 10.3. The Balaban J connectivity index is 1.39. The first kappa shape index (κ1) is 24.0. The fourth-order valence-electron chi connectivity index (χ4n) is 5.51. The van der Waals surface area contributed by atoms with Crippen LogP contribution in [0.2, 0.25) is 5.15 Å². The lowest BCUT2D eigenvalue weighted by atomic mass is 10.0. The largest absolute Gasteiger partial charge is 0.478 e. The summed E-state index contributed by atoms with van der Waals surface area (Å²) >= 11 is 6.51. The Morgan fingerprint density at radius 3 is 2.64 bits per heavy atom. The zero-order chi connectivity index (χ0) is 26.7. The summed E-state index contributed by atoms with van der Waals surface area (Å²) in [6.07, 6.45) is 0.832. The highest BCUT2D eigenvalue weighted by molar-refractivity contribution is 6.29. The summed E-state index contributed by atoms with van der Waals surface area (Å²) in [6, 6.07) is 18.0. The number of para-hydroxylation sites is 1. The summed E-state index contributed by atoms with van der Waals surface area (Å²) in [5, 5.41) is 15.3. The van der Waals surface area contributed by atoms with Crippen molar-refractivity contribution in [2.24, 2.45) is 0 Å². The van der Waals surface area contributed by atoms with Gasteiger partial charge in [0.05, 0.1) is 41.4 Å². The van der Waals surface area contributed by atoms with E-state index in [1.54, 1.807) is 16.6 Å². The Bertz CT molecular complexity index is 1770. The van der Waals surface area contributed by atoms with Crippen LogP contribution in [0, 0.1) is 5.82 Å². The standard InChI is InChI=1S/C29H23ClFN5O3/c30-25-15-24(35-9-11-39-12-10-35)28-33-26(20-14-19(20)23-8-6-16-3-1-2-4-22(16)32-23)27(36(28)34-25)17-5-7-18(29(37)38)21(31)13-17/h1-8,13,15,19-20H,9-12,14H2,(H,37,38). The van der Waals surface area contributed by atoms with Crippen molar-refractivity contribution >= 4 is 39.8 Å². The van der Waals surface area contributed by atoms with Gasteiger partial charge < -0.3 is 14.7 Å². The van der Waals surface area contributed by atoms with Crippen LogP contribution in [0.3, 0.4) is 0 Å². The van der Waals surface area contributed by atoms with Gasteiger partial charge in [-0.3, -0.25) is 4.98 Å². The van der Waals surface area contributed by atoms with Crippen molar-refractivity contribution in [1.29, 1.82) is 0 Å². The van der Waals surface area contributed by atoms with Gasteiger partial charge in [-0.25, -0.2) is 18.7 Å². The Morgan fingerprint density at radius 2 is 1.85 bits per heavy atom. The minimum absolute atomic E-state index is 0.0360. The molecule has 8 nitrogen and oxygen atoms in total. The number of carbonyl (C=O) groups is 1. The third-order valence-electron chi connectivity index (χ3n) is 7.53. The van der Waals surface area contributed by atoms with Crippen LogP contribution in [0.4, 0.5) is 10.1 Å². The van der Waals surface area contributed by atoms with E-state index in [0.717, 1.165) is 34.4 Å². The summed E-state index contributed by atoms with van der Waals surface area (Å²) in [4.78, 5) is 23.6. The summed E-state index contributed by atoms with van der Waals surface area (Å²) in [5.74, 6) is -1.96. The lowest BCUT2D eigenvalue weighted by molar-refractivity contribution is 0.0692. The number of pyridine rings is 1. The third kappa shape index (κ3) is 4.18. The number of carboxylic acid groups (broad SMARTS) is 1. The van der Waals surface area contributed by atoms with Crippen LogP contribution in [-0.2, 0) is 4.74 Å². The number of anilines is 1. The molecule has 5 aromatic rings. The normalized spacial score (nSPS) is 19.1. The van der Waals surface area contributed by atoms with Gasteiger partial charge >= 0.3 is 5.97 Å². The van der Waals surface area contributed by atoms with E-state index in [9.17, 15) is 14.3 Å². The summed E-state index contributed by atoms with van der Waals surface area (Å²) in [5.41, 5.74) is 4.82. The monoisotopic (exact) mass is 543 g/mol. The number of morpholine rings is 1. The average molecular weight is 544 g/mol. The van der Waals surface area contributed by atoms with Crippen LogP contribution < -0.4 is 4.90 Å². The number of ether oxygens (including phenoxy) is 1. The smallest absolute Gasteiger partial charge is 0.338 e. The number of nitrogens with zero attached hydrogens (tertiary/aromatic N) is 5. The third-order valence-corrected chi connectivity index (χ3v) is 7.71. The van der Waals surface area contributed by atoms with Crippen LogP contribution in [0.5, 0.6) is 0 Å². The van der Waals surface area contributed by atoms with E-state index in [0.29, 0.717) is 43.2 Å². The van der Waals surface area contributed by atoms with Gasteiger partial charge in [0, 0.05) is 47.6 Å². The molecule has 1 saturated heterocycles. The van der Waals surface area contributed by atoms with E-state index in [2.05, 4.69) is 22.1 Å². The van der Waals surface area contributed by atoms with Crippen molar-refractivity contribution in [3.05, 3.63) is 88.6 Å². The molecule has 196 valence electrons. The first-order chi connectivity index (χ1) is 19.0. The molecule has 39 heavy (non-hydrogen) atoms. The van der Waals surface area contributed by atoms with Crippen LogP contribution in [0.25, 0.3) is 27.8 Å². The summed E-state index contributed by atoms with van der Waals surface area (Å²) in [6.45, 7) is 2.55. The van der Waals surface area contributed by atoms with Crippen molar-refractivity contribution in [2.45, 2.75) is 18.3 Å². The predicted octanol–water partition coefficient (Wildman–Crippen LogP) is 5.54. The van der Waals surface area contributed by atoms with Gasteiger partial charge in [0.25, 0.3) is 0 Å². The fourth-order valence-corrected chi connectivity index (χ4v) is 5.69. The second-order valence-electron chi connectivity index (χ2n) is 9.91. The van der Waals surface area contributed by atoms with E-state index in [1.165, 1.54) is 12.1 Å². The number of aromatic carboxylic acids is 1. The molecule has 7 rings (SSSR count). The van der Waals surface area contributed by atoms with E-state index in [-0.39, 0.29) is 17.0 Å². The Kier molecular flexibility index (Phi) is 5.71. The maximum atomic E-state index is 14.9. The zero-order valence-corrected chi connectivity index (χ0v) is 21.5. The molecule has 0 radical (unpaired) electrons. The van der Waals surface area contributed by atoms with Crippen molar-refractivity contribution < 1.29 is 19.0 Å². The van der Waals surface area contributed by atoms with Crippen LogP contribution in [0.15, 0.2) is 60.7 Å². The lowest BCUT2D eigenvalue weighted by Crippen LogP contribution is -2.36. The number of carboxylic acids is 1. The maximum Gasteiger partial charge on any atom is 0.338 e. The van der Waals surface area contributed by atoms with Gasteiger partial charge in [0.15, 0.2) is 10.8 Å². The Morgan fingerprint density at radius 1 is 1.03 bits per heavy atom. The number of benzene rings is 2. The van der Waals surface area contributed by atoms with Crippen LogP contribution in [0.1, 0.15) is 40.0 Å². The number of imidazole rings is 1. The molecule has 2 unspecified atom stereocenters. The molecule has 0 bridgehead atoms. The number of fused-ring (bicyclic) bond motifs is 2. The van der Waals surface area contributed by atoms with Gasteiger partial charge in [-0.15, -0.1) is 0 Å². The molecule has 1 N–H and O–H groups in total. The molecule has 2 fully saturated rings. The van der Waals surface area contributed by atoms with Gasteiger partial charge in [-0.05, 0) is 30.7 Å². The Labute approximate surface area is 227 Å². The molecular formula is C29H23ClFN5O3. The minimum atomic E-state index is -1.32. The second kappa shape index (κ2) is 9.29. The van der Waals surface area contributed by atoms with Gasteiger partial charge in [-0.2, -0.15) is 5.10 Å². The summed E-state index contributed by atoms with van der Waals surface area (Å²) < 4.78 is 22.1. The highest BCUT2D eigenvalue weighted by Gasteiger charge is 2.45. The molecule has 0 amide bonds. The Hall–Kier alpha value is -4.08. The number of aromatic nitrogens is 4. The predicted molar refractivity (Wildman–Crippen MR) is 145 cm³/mol. The topological polar surface area (TPSA) is 92.8 Å². The summed E-state index contributed by atoms with van der Waals surface area (Å²) in [7, 11) is 0. The van der Waals surface area contributed by atoms with E-state index < -0.39 is 17.3 Å². The molecule has 2 aliphatic rings. The average Bonchev–Trinajstić information content (AvgIpc) is 3.66. The van der Waals surface area contributed by atoms with E-state index in [4.69, 9.17) is 26.3 Å². The van der Waals surface area contributed by atoms with Crippen LogP contribution >= 0.6 is 11.6 Å². The van der Waals surface area contributed by atoms with Crippen molar-refractivity contribution in [3.8, 4) is 11.3 Å². The molecule has 10 heteroatoms. The minimum Gasteiger partial charge on any atom is -0.478 e. The number of rotatable bonds is 5. The number of hydrogen-bond acceptors (Lipinski definition) is 6. The highest BCUT2D eigenvalue weighted by atomic mass is 35.5. The fraction of sp³-hybridized carbons (Fsp3) is 0.241. The number of halogens is 2. The first-order valence-corrected chi connectivity index (χ1v) is 13.2. The van der Waals surface area contributed by atoms with Crippen molar-refractivity contribution in [2.75, 3.05) is 31.2 Å². The molecule has 1 aliphatic carbocycles. The van der Waals surface area contributed by atoms with Gasteiger partial charge in [0.2, 0.25) is 0 Å². The quantitative estimate of drug-likeness (QED) is 0.311. The van der Waals surface area contributed by atoms with Gasteiger partial charge in [0.1, 0.15) is 5.82 Å². The molecule has 1 aliphatic heterocycles. The SMILES string of the molecule is O=C(O)c1ccc(-c2c(C3CC3c3ccc4ccccc4n3)nc3c(N4CCOCC4)cc(Cl)nn23)cc1F. The molecule has 2 atom stereocenters. The molecule has 1 saturated carbocycles. The van der Waals surface area contributed by atoms with E-state index in [1.807, 2.05) is 24.3 Å². The molecule has 4 heterocycles. The van der Waals surface area contributed by atoms with E-state index >= 15 is 0 Å². The molecule has 3 aromatic heterocycles. The molecular weight excluding hydrogens is 521 g/mol. The van der Waals surface area contributed by atoms with Crippen LogP contribution in [-0.4, -0.2) is 57.0 Å². The number of hydrogen-bond donors (Lipinski definition) is 1. The lowest BCUT2D eigenvalue weighted by Gasteiger charge is -2.28. The van der Waals surface area contributed by atoms with Crippen molar-refractivity contribution in [1.82, 2.24) is 19.6 Å². The van der Waals surface area contributed by atoms with Crippen molar-refractivity contribution in [3.63, 3.8) is 0 Å². The highest BCUT2D eigenvalue weighted by Crippen LogP contribution is 2.56. The zero-order valence-electron chi connectivity index (χ0n) is 20.7. The maximum absolute atomic E-state index is 14.9. The van der Waals surface area contributed by atoms with Gasteiger partial charge in [-0.1, -0.05) is 41.9 Å². The molecule has 2 aromatic carbocycles.